The van der Waals surface area contributed by atoms with Gasteiger partial charge in [0.05, 0.1) is 7.11 Å². The number of hydrogen-bond acceptors (Lipinski definition) is 5. The van der Waals surface area contributed by atoms with Crippen molar-refractivity contribution in [2.75, 3.05) is 12.4 Å². The van der Waals surface area contributed by atoms with Gasteiger partial charge in [-0.15, -0.1) is 0 Å². The smallest absolute Gasteiger partial charge is 0.227 e. The van der Waals surface area contributed by atoms with Crippen molar-refractivity contribution in [1.29, 1.82) is 0 Å². The predicted octanol–water partition coefficient (Wildman–Crippen LogP) is 4.47. The molecule has 6 heteroatoms. The van der Waals surface area contributed by atoms with Crippen LogP contribution >= 0.6 is 0 Å². The number of carbonyl (C=O) groups excluding carboxylic acids is 1. The maximum atomic E-state index is 12.3. The fourth-order valence-corrected chi connectivity index (χ4v) is 2.92. The summed E-state index contributed by atoms with van der Waals surface area (Å²) in [7, 11) is 1.62. The van der Waals surface area contributed by atoms with Crippen molar-refractivity contribution in [3.05, 3.63) is 72.6 Å². The molecule has 0 aliphatic rings. The Bertz CT molecular complexity index is 1100. The number of anilines is 1. The largest absolute Gasteiger partial charge is 0.497 e. The molecule has 4 rings (SSSR count). The molecule has 4 aromatic rings. The molecule has 0 aliphatic carbocycles. The van der Waals surface area contributed by atoms with Crippen LogP contribution < -0.4 is 10.1 Å². The number of ether oxygens (including phenoxy) is 1. The number of methoxy groups -OCH3 is 1. The number of rotatable bonds is 6. The Balaban J connectivity index is 1.36. The van der Waals surface area contributed by atoms with Crippen LogP contribution in [0.1, 0.15) is 12.3 Å². The summed E-state index contributed by atoms with van der Waals surface area (Å²) in [6.07, 6.45) is 0.639. The molecule has 1 aromatic heterocycles. The van der Waals surface area contributed by atoms with Crippen molar-refractivity contribution in [1.82, 2.24) is 10.1 Å². The molecule has 0 unspecified atom stereocenters. The first kappa shape index (κ1) is 17.7. The number of amides is 1. The quantitative estimate of drug-likeness (QED) is 0.540. The highest BCUT2D eigenvalue weighted by atomic mass is 16.5. The van der Waals surface area contributed by atoms with Gasteiger partial charge in [0.25, 0.3) is 0 Å². The lowest BCUT2D eigenvalue weighted by Gasteiger charge is -2.05. The Morgan fingerprint density at radius 3 is 2.61 bits per heavy atom. The van der Waals surface area contributed by atoms with Gasteiger partial charge in [0.15, 0.2) is 0 Å². The van der Waals surface area contributed by atoms with Crippen molar-refractivity contribution in [3.63, 3.8) is 0 Å². The van der Waals surface area contributed by atoms with Crippen molar-refractivity contribution in [2.24, 2.45) is 0 Å². The summed E-state index contributed by atoms with van der Waals surface area (Å²) in [6.45, 7) is 0. The Morgan fingerprint density at radius 1 is 1.04 bits per heavy atom. The first-order valence-corrected chi connectivity index (χ1v) is 8.97. The molecule has 1 N–H and O–H groups in total. The highest BCUT2D eigenvalue weighted by Crippen LogP contribution is 2.21. The van der Waals surface area contributed by atoms with Gasteiger partial charge in [-0.05, 0) is 47.2 Å². The number of benzene rings is 3. The van der Waals surface area contributed by atoms with Gasteiger partial charge < -0.3 is 14.6 Å². The fraction of sp³-hybridized carbons (Fsp3) is 0.136. The summed E-state index contributed by atoms with van der Waals surface area (Å²) in [5, 5.41) is 9.11. The lowest BCUT2D eigenvalue weighted by atomic mass is 10.1. The SMILES string of the molecule is COc1ccc(-c2noc(CCC(=O)Nc3ccc4ccccc4c3)n2)cc1. The molecule has 0 saturated heterocycles. The van der Waals surface area contributed by atoms with E-state index in [1.807, 2.05) is 66.7 Å². The molecule has 0 aliphatic heterocycles. The standard InChI is InChI=1S/C22H19N3O3/c1-27-19-10-7-16(8-11-19)22-24-21(28-25-22)13-12-20(26)23-18-9-6-15-4-2-3-5-17(15)14-18/h2-11,14H,12-13H2,1H3,(H,23,26). The molecular weight excluding hydrogens is 354 g/mol. The van der Waals surface area contributed by atoms with Crippen molar-refractivity contribution < 1.29 is 14.1 Å². The summed E-state index contributed by atoms with van der Waals surface area (Å²) in [4.78, 5) is 16.6. The van der Waals surface area contributed by atoms with Gasteiger partial charge in [0.2, 0.25) is 17.6 Å². The van der Waals surface area contributed by atoms with Gasteiger partial charge in [-0.3, -0.25) is 4.79 Å². The minimum atomic E-state index is -0.0977. The van der Waals surface area contributed by atoms with E-state index in [1.54, 1.807) is 7.11 Å². The lowest BCUT2D eigenvalue weighted by molar-refractivity contribution is -0.116. The van der Waals surface area contributed by atoms with Crippen LogP contribution in [0.5, 0.6) is 5.75 Å². The van der Waals surface area contributed by atoms with Crippen LogP contribution in [-0.4, -0.2) is 23.2 Å². The monoisotopic (exact) mass is 373 g/mol. The second-order valence-corrected chi connectivity index (χ2v) is 6.35. The number of carbonyl (C=O) groups is 1. The third kappa shape index (κ3) is 4.01. The highest BCUT2D eigenvalue weighted by molar-refractivity contribution is 5.94. The number of aryl methyl sites for hydroxylation is 1. The molecule has 0 radical (unpaired) electrons. The molecule has 140 valence electrons. The summed E-state index contributed by atoms with van der Waals surface area (Å²) in [5.74, 6) is 1.59. The Kier molecular flexibility index (Phi) is 5.01. The van der Waals surface area contributed by atoms with Gasteiger partial charge >= 0.3 is 0 Å². The number of hydrogen-bond donors (Lipinski definition) is 1. The normalized spacial score (nSPS) is 10.8. The van der Waals surface area contributed by atoms with E-state index in [9.17, 15) is 4.79 Å². The van der Waals surface area contributed by atoms with Gasteiger partial charge in [0, 0.05) is 24.1 Å². The molecule has 1 heterocycles. The molecule has 0 saturated carbocycles. The molecule has 0 fully saturated rings. The van der Waals surface area contributed by atoms with E-state index < -0.39 is 0 Å². The zero-order valence-corrected chi connectivity index (χ0v) is 15.4. The number of aromatic nitrogens is 2. The average Bonchev–Trinajstić information content (AvgIpc) is 3.21. The van der Waals surface area contributed by atoms with E-state index in [4.69, 9.17) is 9.26 Å². The predicted molar refractivity (Wildman–Crippen MR) is 107 cm³/mol. The maximum Gasteiger partial charge on any atom is 0.227 e. The van der Waals surface area contributed by atoms with Gasteiger partial charge in [-0.25, -0.2) is 0 Å². The summed E-state index contributed by atoms with van der Waals surface area (Å²) >= 11 is 0. The number of nitrogens with one attached hydrogen (secondary N) is 1. The molecule has 0 spiro atoms. The van der Waals surface area contributed by atoms with Crippen LogP contribution in [0, 0.1) is 0 Å². The van der Waals surface area contributed by atoms with Crippen LogP contribution in [0.15, 0.2) is 71.3 Å². The van der Waals surface area contributed by atoms with E-state index in [0.717, 1.165) is 27.8 Å². The Morgan fingerprint density at radius 2 is 1.82 bits per heavy atom. The van der Waals surface area contributed by atoms with Gasteiger partial charge in [-0.1, -0.05) is 35.5 Å². The van der Waals surface area contributed by atoms with Crippen molar-refractivity contribution in [3.8, 4) is 17.1 Å². The highest BCUT2D eigenvalue weighted by Gasteiger charge is 2.11. The van der Waals surface area contributed by atoms with Crippen LogP contribution in [-0.2, 0) is 11.2 Å². The molecule has 6 nitrogen and oxygen atoms in total. The fourth-order valence-electron chi connectivity index (χ4n) is 2.92. The van der Waals surface area contributed by atoms with Crippen LogP contribution in [0.3, 0.4) is 0 Å². The minimum absolute atomic E-state index is 0.0977. The van der Waals surface area contributed by atoms with E-state index >= 15 is 0 Å². The third-order valence-corrected chi connectivity index (χ3v) is 4.42. The first-order valence-electron chi connectivity index (χ1n) is 8.97. The molecule has 3 aromatic carbocycles. The van der Waals surface area contributed by atoms with Crippen LogP contribution in [0.25, 0.3) is 22.2 Å². The van der Waals surface area contributed by atoms with E-state index in [-0.39, 0.29) is 12.3 Å². The summed E-state index contributed by atoms with van der Waals surface area (Å²) < 4.78 is 10.4. The molecule has 1 amide bonds. The Hall–Kier alpha value is -3.67. The molecule has 0 bridgehead atoms. The van der Waals surface area contributed by atoms with Crippen molar-refractivity contribution >= 4 is 22.4 Å². The molecular formula is C22H19N3O3. The van der Waals surface area contributed by atoms with E-state index in [2.05, 4.69) is 15.5 Å². The van der Waals surface area contributed by atoms with Crippen LogP contribution in [0.2, 0.25) is 0 Å². The summed E-state index contributed by atoms with van der Waals surface area (Å²) in [6, 6.07) is 21.3. The second kappa shape index (κ2) is 7.92. The third-order valence-electron chi connectivity index (χ3n) is 4.42. The van der Waals surface area contributed by atoms with Crippen molar-refractivity contribution in [2.45, 2.75) is 12.8 Å². The topological polar surface area (TPSA) is 77.2 Å². The van der Waals surface area contributed by atoms with Gasteiger partial charge in [-0.2, -0.15) is 4.98 Å². The number of nitrogens with zero attached hydrogens (tertiary/aromatic N) is 2. The van der Waals surface area contributed by atoms with Crippen LogP contribution in [0.4, 0.5) is 5.69 Å². The lowest BCUT2D eigenvalue weighted by Crippen LogP contribution is -2.12. The first-order chi connectivity index (χ1) is 13.7. The molecule has 28 heavy (non-hydrogen) atoms. The number of fused-ring (bicyclic) bond motifs is 1. The van der Waals surface area contributed by atoms with Gasteiger partial charge in [0.1, 0.15) is 5.75 Å². The summed E-state index contributed by atoms with van der Waals surface area (Å²) in [5.41, 5.74) is 1.60. The zero-order valence-electron chi connectivity index (χ0n) is 15.4. The van der Waals surface area contributed by atoms with E-state index in [1.165, 1.54) is 0 Å². The average molecular weight is 373 g/mol. The zero-order chi connectivity index (χ0) is 19.3. The Labute approximate surface area is 162 Å². The maximum absolute atomic E-state index is 12.3. The van der Waals surface area contributed by atoms with E-state index in [0.29, 0.717) is 18.1 Å². The molecule has 0 atom stereocenters. The minimum Gasteiger partial charge on any atom is -0.497 e. The second-order valence-electron chi connectivity index (χ2n) is 6.35.